The number of amides is 2. The highest BCUT2D eigenvalue weighted by atomic mass is 35.5. The average molecular weight is 611 g/mol. The van der Waals surface area contributed by atoms with Gasteiger partial charge in [0.15, 0.2) is 6.61 Å². The number of benzene rings is 3. The van der Waals surface area contributed by atoms with Crippen molar-refractivity contribution in [2.24, 2.45) is 23.7 Å². The lowest BCUT2D eigenvalue weighted by Gasteiger charge is -2.17. The Morgan fingerprint density at radius 2 is 1.58 bits per heavy atom. The Bertz CT molecular complexity index is 1870. The van der Waals surface area contributed by atoms with Gasteiger partial charge in [-0.1, -0.05) is 59.1 Å². The predicted octanol–water partition coefficient (Wildman–Crippen LogP) is 6.87. The van der Waals surface area contributed by atoms with Crippen LogP contribution >= 0.6 is 23.2 Å². The molecule has 3 aromatic carbocycles. The number of rotatable bonds is 6. The molecule has 214 valence electrons. The Balaban J connectivity index is 1.16. The zero-order valence-electron chi connectivity index (χ0n) is 22.9. The van der Waals surface area contributed by atoms with Crippen molar-refractivity contribution in [1.82, 2.24) is 4.98 Å². The van der Waals surface area contributed by atoms with Gasteiger partial charge >= 0.3 is 5.97 Å². The molecule has 2 amide bonds. The number of allylic oxidation sites excluding steroid dienone is 2. The van der Waals surface area contributed by atoms with Gasteiger partial charge in [0.05, 0.1) is 39.3 Å². The summed E-state index contributed by atoms with van der Waals surface area (Å²) in [7, 11) is 0. The van der Waals surface area contributed by atoms with Crippen molar-refractivity contribution < 1.29 is 23.9 Å². The number of halogens is 2. The van der Waals surface area contributed by atoms with Crippen LogP contribution in [0.25, 0.3) is 22.2 Å². The quantitative estimate of drug-likeness (QED) is 0.102. The molecule has 0 radical (unpaired) electrons. The van der Waals surface area contributed by atoms with Crippen molar-refractivity contribution in [1.29, 1.82) is 0 Å². The second kappa shape index (κ2) is 10.4. The predicted molar refractivity (Wildman–Crippen MR) is 163 cm³/mol. The first-order valence-electron chi connectivity index (χ1n) is 13.9. The zero-order chi connectivity index (χ0) is 30.0. The minimum absolute atomic E-state index is 0.137. The van der Waals surface area contributed by atoms with E-state index in [4.69, 9.17) is 32.9 Å². The number of carbonyl (C=O) groups excluding carboxylic acids is 4. The number of aromatic nitrogens is 1. The SMILES string of the molecule is Cc1ccc2nc(-c3ccc(N4C(=O)C5C6C=CC(C6)C5C4=O)cc3)cc(C(=O)OCC(=O)c3ccc(Cl)cc3Cl)c2c1. The molecule has 2 bridgehead atoms. The van der Waals surface area contributed by atoms with E-state index in [0.29, 0.717) is 32.9 Å². The number of ether oxygens (including phenoxy) is 1. The topological polar surface area (TPSA) is 93.6 Å². The summed E-state index contributed by atoms with van der Waals surface area (Å²) in [5.41, 5.74) is 3.67. The van der Waals surface area contributed by atoms with Crippen LogP contribution in [-0.4, -0.2) is 35.2 Å². The third kappa shape index (κ3) is 4.64. The van der Waals surface area contributed by atoms with Crippen LogP contribution < -0.4 is 4.90 Å². The largest absolute Gasteiger partial charge is 0.454 e. The molecule has 0 spiro atoms. The van der Waals surface area contributed by atoms with Crippen molar-refractivity contribution in [2.75, 3.05) is 11.5 Å². The van der Waals surface area contributed by atoms with Crippen LogP contribution in [0.2, 0.25) is 10.0 Å². The molecule has 1 aromatic heterocycles. The van der Waals surface area contributed by atoms with Crippen LogP contribution in [0, 0.1) is 30.6 Å². The van der Waals surface area contributed by atoms with Crippen molar-refractivity contribution in [3.63, 3.8) is 0 Å². The van der Waals surface area contributed by atoms with Gasteiger partial charge < -0.3 is 4.74 Å². The van der Waals surface area contributed by atoms with Crippen LogP contribution in [0.5, 0.6) is 0 Å². The summed E-state index contributed by atoms with van der Waals surface area (Å²) in [6.45, 7) is 1.40. The number of Topliss-reactive ketones (excluding diaryl/α,β-unsaturated/α-hetero) is 1. The molecule has 1 saturated heterocycles. The maximum Gasteiger partial charge on any atom is 0.339 e. The van der Waals surface area contributed by atoms with Gasteiger partial charge in [-0.15, -0.1) is 0 Å². The van der Waals surface area contributed by atoms with Gasteiger partial charge in [0, 0.05) is 21.5 Å². The first-order chi connectivity index (χ1) is 20.7. The fraction of sp³-hybridized carbons (Fsp3) is 0.206. The van der Waals surface area contributed by atoms with Crippen LogP contribution in [0.4, 0.5) is 5.69 Å². The van der Waals surface area contributed by atoms with Crippen molar-refractivity contribution in [3.05, 3.63) is 106 Å². The Morgan fingerprint density at radius 1 is 0.884 bits per heavy atom. The summed E-state index contributed by atoms with van der Waals surface area (Å²) in [4.78, 5) is 58.6. The summed E-state index contributed by atoms with van der Waals surface area (Å²) in [5, 5.41) is 1.15. The second-order valence-corrected chi connectivity index (χ2v) is 12.1. The van der Waals surface area contributed by atoms with Gasteiger partial charge in [-0.3, -0.25) is 19.3 Å². The number of hydrogen-bond donors (Lipinski definition) is 0. The fourth-order valence-corrected chi connectivity index (χ4v) is 7.11. The summed E-state index contributed by atoms with van der Waals surface area (Å²) in [6.07, 6.45) is 5.02. The summed E-state index contributed by atoms with van der Waals surface area (Å²) in [6, 6.07) is 18.7. The molecule has 4 unspecified atom stereocenters. The number of imide groups is 1. The second-order valence-electron chi connectivity index (χ2n) is 11.3. The number of ketones is 1. The number of fused-ring (bicyclic) bond motifs is 6. The Morgan fingerprint density at radius 3 is 2.26 bits per heavy atom. The molecular weight excluding hydrogens is 587 g/mol. The van der Waals surface area contributed by atoms with Crippen LogP contribution in [0.15, 0.2) is 78.9 Å². The molecule has 4 aromatic rings. The van der Waals surface area contributed by atoms with E-state index in [1.165, 1.54) is 17.0 Å². The molecule has 9 heteroatoms. The molecule has 2 fully saturated rings. The lowest BCUT2D eigenvalue weighted by atomic mass is 9.85. The number of anilines is 1. The molecular formula is C34H24Cl2N2O5. The fourth-order valence-electron chi connectivity index (χ4n) is 6.60. The van der Waals surface area contributed by atoms with Crippen LogP contribution in [0.3, 0.4) is 0 Å². The molecule has 2 heterocycles. The molecule has 7 rings (SSSR count). The van der Waals surface area contributed by atoms with Gasteiger partial charge in [0.2, 0.25) is 17.6 Å². The average Bonchev–Trinajstić information content (AvgIpc) is 3.68. The molecule has 3 aliphatic rings. The highest BCUT2D eigenvalue weighted by Gasteiger charge is 2.59. The van der Waals surface area contributed by atoms with Crippen molar-refractivity contribution in [2.45, 2.75) is 13.3 Å². The summed E-state index contributed by atoms with van der Waals surface area (Å²) < 4.78 is 5.44. The minimum Gasteiger partial charge on any atom is -0.454 e. The molecule has 1 saturated carbocycles. The Kier molecular flexibility index (Phi) is 6.67. The van der Waals surface area contributed by atoms with Gasteiger partial charge in [0.1, 0.15) is 0 Å². The van der Waals surface area contributed by atoms with Crippen molar-refractivity contribution in [3.8, 4) is 11.3 Å². The van der Waals surface area contributed by atoms with E-state index in [0.717, 1.165) is 12.0 Å². The van der Waals surface area contributed by atoms with E-state index in [9.17, 15) is 19.2 Å². The lowest BCUT2D eigenvalue weighted by molar-refractivity contribution is -0.123. The third-order valence-electron chi connectivity index (χ3n) is 8.64. The van der Waals surface area contributed by atoms with Gasteiger partial charge in [-0.05, 0) is 73.7 Å². The third-order valence-corrected chi connectivity index (χ3v) is 9.19. The zero-order valence-corrected chi connectivity index (χ0v) is 24.4. The van der Waals surface area contributed by atoms with E-state index in [-0.39, 0.29) is 51.6 Å². The van der Waals surface area contributed by atoms with Crippen molar-refractivity contribution >= 4 is 63.4 Å². The number of pyridine rings is 1. The Hall–Kier alpha value is -4.33. The standard InChI is InChI=1S/C34H24Cl2N2O5/c1-17-2-11-27-24(12-17)25(34(42)43-16-29(39)23-10-7-21(35)14-26(23)36)15-28(37-27)18-5-8-22(9-6-18)38-32(40)30-19-3-4-20(13-19)31(30)33(38)41/h2-12,14-15,19-20,30-31H,13,16H2,1H3. The summed E-state index contributed by atoms with van der Waals surface area (Å²) >= 11 is 12.1. The number of hydrogen-bond acceptors (Lipinski definition) is 6. The first-order valence-corrected chi connectivity index (χ1v) is 14.7. The Labute approximate surface area is 257 Å². The number of aryl methyl sites for hydroxylation is 1. The molecule has 2 aliphatic carbocycles. The maximum absolute atomic E-state index is 13.3. The van der Waals surface area contributed by atoms with Crippen LogP contribution in [-0.2, 0) is 14.3 Å². The van der Waals surface area contributed by atoms with E-state index in [1.807, 2.05) is 25.1 Å². The molecule has 4 atom stereocenters. The van der Waals surface area contributed by atoms with Crippen LogP contribution in [0.1, 0.15) is 32.7 Å². The van der Waals surface area contributed by atoms with E-state index in [1.54, 1.807) is 36.4 Å². The first kappa shape index (κ1) is 27.5. The number of carbonyl (C=O) groups is 4. The van der Waals surface area contributed by atoms with E-state index in [2.05, 4.69) is 12.2 Å². The van der Waals surface area contributed by atoms with E-state index < -0.39 is 18.4 Å². The normalized spacial score (nSPS) is 22.0. The summed E-state index contributed by atoms with van der Waals surface area (Å²) in [5.74, 6) is -1.70. The lowest BCUT2D eigenvalue weighted by Crippen LogP contribution is -2.32. The monoisotopic (exact) mass is 610 g/mol. The molecule has 7 nitrogen and oxygen atoms in total. The smallest absolute Gasteiger partial charge is 0.339 e. The van der Waals surface area contributed by atoms with Gasteiger partial charge in [0.25, 0.3) is 0 Å². The molecule has 1 aliphatic heterocycles. The maximum atomic E-state index is 13.3. The number of nitrogens with zero attached hydrogens (tertiary/aromatic N) is 2. The highest BCUT2D eigenvalue weighted by Crippen LogP contribution is 2.53. The minimum atomic E-state index is -0.683. The van der Waals surface area contributed by atoms with Gasteiger partial charge in [-0.2, -0.15) is 0 Å². The molecule has 0 N–H and O–H groups in total. The number of esters is 1. The highest BCUT2D eigenvalue weighted by molar-refractivity contribution is 6.37. The van der Waals surface area contributed by atoms with Gasteiger partial charge in [-0.25, -0.2) is 9.78 Å². The molecule has 43 heavy (non-hydrogen) atoms. The van der Waals surface area contributed by atoms with E-state index >= 15 is 0 Å².